The molecule has 140 valence electrons. The van der Waals surface area contributed by atoms with Gasteiger partial charge in [-0.15, -0.1) is 0 Å². The molecule has 2 atom stereocenters. The van der Waals surface area contributed by atoms with Crippen LogP contribution in [0.1, 0.15) is 38.7 Å². The molecule has 0 fully saturated rings. The molecule has 2 aromatic rings. The van der Waals surface area contributed by atoms with E-state index in [1.807, 2.05) is 49.4 Å². The van der Waals surface area contributed by atoms with Gasteiger partial charge in [-0.1, -0.05) is 49.4 Å². The van der Waals surface area contributed by atoms with E-state index in [-0.39, 0.29) is 18.2 Å². The Morgan fingerprint density at radius 1 is 1.07 bits per heavy atom. The molecule has 2 N–H and O–H groups in total. The third-order valence-corrected chi connectivity index (χ3v) is 4.77. The third-order valence-electron chi connectivity index (χ3n) is 4.77. The van der Waals surface area contributed by atoms with Crippen LogP contribution in [-0.4, -0.2) is 23.8 Å². The van der Waals surface area contributed by atoms with E-state index in [0.29, 0.717) is 5.69 Å². The highest BCUT2D eigenvalue weighted by atomic mass is 16.2. The maximum absolute atomic E-state index is 13.1. The van der Waals surface area contributed by atoms with Gasteiger partial charge >= 0.3 is 0 Å². The fraction of sp³-hybridized carbons (Fsp3) is 0.286. The summed E-state index contributed by atoms with van der Waals surface area (Å²) in [4.78, 5) is 37.3. The van der Waals surface area contributed by atoms with Crippen LogP contribution in [-0.2, 0) is 14.4 Å². The topological polar surface area (TPSA) is 78.5 Å². The van der Waals surface area contributed by atoms with Crippen molar-refractivity contribution in [1.29, 1.82) is 0 Å². The highest BCUT2D eigenvalue weighted by molar-refractivity contribution is 6.06. The van der Waals surface area contributed by atoms with Gasteiger partial charge in [-0.3, -0.25) is 19.8 Å². The number of hydrogen-bond donors (Lipinski definition) is 2. The summed E-state index contributed by atoms with van der Waals surface area (Å²) < 4.78 is 0. The molecule has 1 unspecified atom stereocenters. The quantitative estimate of drug-likeness (QED) is 0.874. The van der Waals surface area contributed by atoms with Crippen LogP contribution in [0.5, 0.6) is 0 Å². The first-order valence-corrected chi connectivity index (χ1v) is 9.06. The lowest BCUT2D eigenvalue weighted by atomic mass is 9.92. The summed E-state index contributed by atoms with van der Waals surface area (Å²) in [5.74, 6) is -1.32. The van der Waals surface area contributed by atoms with Crippen LogP contribution in [0.15, 0.2) is 48.5 Å². The average Bonchev–Trinajstić information content (AvgIpc) is 2.78. The van der Waals surface area contributed by atoms with Crippen LogP contribution >= 0.6 is 0 Å². The third kappa shape index (κ3) is 3.56. The van der Waals surface area contributed by atoms with Crippen molar-refractivity contribution in [3.63, 3.8) is 0 Å². The molecule has 1 aliphatic heterocycles. The standard InChI is InChI=1S/C21H23N3O3/c1-4-19(25)22-14(3)20(26)23-24-18-12-8-7-11-17(18)16-10-6-5-9-15(16)13(2)21(24)27/h5-14H,4H2,1-3H3,(H,22,25)(H,23,26)/t13?,14-/m0/s1. The normalized spacial score (nSPS) is 16.6. The molecule has 0 bridgehead atoms. The summed E-state index contributed by atoms with van der Waals surface area (Å²) in [5, 5.41) is 3.92. The summed E-state index contributed by atoms with van der Waals surface area (Å²) in [6.07, 6.45) is 0.287. The van der Waals surface area contributed by atoms with E-state index in [9.17, 15) is 14.4 Å². The smallest absolute Gasteiger partial charge is 0.261 e. The maximum Gasteiger partial charge on any atom is 0.261 e. The number of carbonyl (C=O) groups is 3. The number of amides is 3. The Kier molecular flexibility index (Phi) is 5.26. The molecule has 0 saturated carbocycles. The van der Waals surface area contributed by atoms with Crippen molar-refractivity contribution < 1.29 is 14.4 Å². The van der Waals surface area contributed by atoms with E-state index in [2.05, 4.69) is 10.7 Å². The average molecular weight is 365 g/mol. The second kappa shape index (κ2) is 7.61. The minimum absolute atomic E-state index is 0.221. The van der Waals surface area contributed by atoms with Gasteiger partial charge in [-0.25, -0.2) is 5.01 Å². The highest BCUT2D eigenvalue weighted by Crippen LogP contribution is 2.39. The zero-order valence-corrected chi connectivity index (χ0v) is 15.7. The molecule has 0 radical (unpaired) electrons. The summed E-state index contributed by atoms with van der Waals surface area (Å²) in [6.45, 7) is 5.14. The predicted octanol–water partition coefficient (Wildman–Crippen LogP) is 2.75. The van der Waals surface area contributed by atoms with E-state index < -0.39 is 17.9 Å². The first kappa shape index (κ1) is 18.6. The van der Waals surface area contributed by atoms with Crippen molar-refractivity contribution in [3.05, 3.63) is 54.1 Å². The summed E-state index contributed by atoms with van der Waals surface area (Å²) in [6, 6.07) is 14.5. The van der Waals surface area contributed by atoms with Gasteiger partial charge in [0.05, 0.1) is 11.6 Å². The lowest BCUT2D eigenvalue weighted by molar-refractivity contribution is -0.130. The molecule has 6 nitrogen and oxygen atoms in total. The molecule has 2 aromatic carbocycles. The van der Waals surface area contributed by atoms with Crippen molar-refractivity contribution in [2.75, 3.05) is 5.01 Å². The van der Waals surface area contributed by atoms with Crippen LogP contribution < -0.4 is 15.8 Å². The number of rotatable bonds is 4. The number of fused-ring (bicyclic) bond motifs is 3. The molecule has 1 heterocycles. The fourth-order valence-corrected chi connectivity index (χ4v) is 3.19. The Morgan fingerprint density at radius 2 is 1.70 bits per heavy atom. The molecule has 3 rings (SSSR count). The van der Waals surface area contributed by atoms with Crippen LogP contribution in [0.2, 0.25) is 0 Å². The van der Waals surface area contributed by atoms with Gasteiger partial charge in [-0.2, -0.15) is 0 Å². The van der Waals surface area contributed by atoms with Crippen molar-refractivity contribution in [1.82, 2.24) is 10.7 Å². The van der Waals surface area contributed by atoms with E-state index in [4.69, 9.17) is 0 Å². The van der Waals surface area contributed by atoms with E-state index in [1.54, 1.807) is 19.9 Å². The number of anilines is 1. The van der Waals surface area contributed by atoms with Gasteiger partial charge in [0.25, 0.3) is 11.8 Å². The number of nitrogens with one attached hydrogen (secondary N) is 2. The number of hydrazine groups is 1. The van der Waals surface area contributed by atoms with E-state index in [1.165, 1.54) is 5.01 Å². The van der Waals surface area contributed by atoms with Gasteiger partial charge in [0, 0.05) is 12.0 Å². The molecular weight excluding hydrogens is 342 g/mol. The molecule has 0 spiro atoms. The Bertz CT molecular complexity index is 894. The first-order chi connectivity index (χ1) is 12.9. The SMILES string of the molecule is CCC(=O)N[C@@H](C)C(=O)NN1C(=O)C(C)c2ccccc2-c2ccccc21. The van der Waals surface area contributed by atoms with Gasteiger partial charge in [-0.05, 0) is 31.0 Å². The van der Waals surface area contributed by atoms with Gasteiger partial charge in [0.2, 0.25) is 5.91 Å². The maximum atomic E-state index is 13.1. The molecule has 0 aliphatic carbocycles. The van der Waals surface area contributed by atoms with Crippen molar-refractivity contribution in [2.24, 2.45) is 0 Å². The molecule has 0 saturated heterocycles. The molecular formula is C21H23N3O3. The molecule has 3 amide bonds. The lowest BCUT2D eigenvalue weighted by Gasteiger charge is -2.26. The first-order valence-electron chi connectivity index (χ1n) is 9.06. The van der Waals surface area contributed by atoms with Crippen molar-refractivity contribution in [3.8, 4) is 11.1 Å². The van der Waals surface area contributed by atoms with Crippen LogP contribution in [0.4, 0.5) is 5.69 Å². The second-order valence-corrected chi connectivity index (χ2v) is 6.62. The fourth-order valence-electron chi connectivity index (χ4n) is 3.19. The molecule has 6 heteroatoms. The highest BCUT2D eigenvalue weighted by Gasteiger charge is 2.33. The van der Waals surface area contributed by atoms with Crippen LogP contribution in [0.25, 0.3) is 11.1 Å². The van der Waals surface area contributed by atoms with Gasteiger partial charge in [0.1, 0.15) is 6.04 Å². The van der Waals surface area contributed by atoms with Gasteiger partial charge < -0.3 is 5.32 Å². The minimum Gasteiger partial charge on any atom is -0.345 e. The summed E-state index contributed by atoms with van der Waals surface area (Å²) in [7, 11) is 0. The second-order valence-electron chi connectivity index (χ2n) is 6.62. The lowest BCUT2D eigenvalue weighted by Crippen LogP contribution is -2.54. The van der Waals surface area contributed by atoms with E-state index in [0.717, 1.165) is 16.7 Å². The monoisotopic (exact) mass is 365 g/mol. The number of benzene rings is 2. The van der Waals surface area contributed by atoms with Crippen LogP contribution in [0.3, 0.4) is 0 Å². The molecule has 27 heavy (non-hydrogen) atoms. The predicted molar refractivity (Wildman–Crippen MR) is 104 cm³/mol. The van der Waals surface area contributed by atoms with Crippen LogP contribution in [0, 0.1) is 0 Å². The number of para-hydroxylation sites is 1. The van der Waals surface area contributed by atoms with Crippen molar-refractivity contribution in [2.45, 2.75) is 39.2 Å². The Balaban J connectivity index is 1.98. The Labute approximate surface area is 158 Å². The molecule has 1 aliphatic rings. The summed E-state index contributed by atoms with van der Waals surface area (Å²) >= 11 is 0. The zero-order valence-electron chi connectivity index (χ0n) is 15.7. The summed E-state index contributed by atoms with van der Waals surface area (Å²) in [5.41, 5.74) is 6.06. The Hall–Kier alpha value is -3.15. The zero-order chi connectivity index (χ0) is 19.6. The largest absolute Gasteiger partial charge is 0.345 e. The van der Waals surface area contributed by atoms with Gasteiger partial charge in [0.15, 0.2) is 0 Å². The minimum atomic E-state index is -0.752. The number of nitrogens with zero attached hydrogens (tertiary/aromatic N) is 1. The van der Waals surface area contributed by atoms with Crippen molar-refractivity contribution >= 4 is 23.4 Å². The number of hydrogen-bond acceptors (Lipinski definition) is 3. The number of carbonyl (C=O) groups excluding carboxylic acids is 3. The molecule has 0 aromatic heterocycles. The van der Waals surface area contributed by atoms with E-state index >= 15 is 0 Å². The Morgan fingerprint density at radius 3 is 2.41 bits per heavy atom.